The Morgan fingerprint density at radius 2 is 2.13 bits per heavy atom. The lowest BCUT2D eigenvalue weighted by molar-refractivity contribution is -0.119. The average molecular weight is 251 g/mol. The molecule has 2 N–H and O–H groups in total. The summed E-state index contributed by atoms with van der Waals surface area (Å²) in [6.07, 6.45) is 4.27. The Balaban J connectivity index is 2.22. The van der Waals surface area contributed by atoms with Crippen molar-refractivity contribution in [1.29, 1.82) is 0 Å². The number of hydrogen-bond acceptors (Lipinski definition) is 3. The van der Waals surface area contributed by atoms with Crippen molar-refractivity contribution in [3.8, 4) is 0 Å². The molecule has 1 aliphatic carbocycles. The van der Waals surface area contributed by atoms with Gasteiger partial charge in [-0.2, -0.15) is 11.8 Å². The normalized spacial score (nSPS) is 19.1. The first-order valence-corrected chi connectivity index (χ1v) is 6.43. The molecule has 1 aliphatic rings. The smallest absolute Gasteiger partial charge is 0.321 e. The number of halogens is 1. The van der Waals surface area contributed by atoms with Crippen LogP contribution in [-0.4, -0.2) is 34.9 Å². The molecule has 6 heteroatoms. The molecule has 1 rings (SSSR count). The van der Waals surface area contributed by atoms with Gasteiger partial charge in [-0.25, -0.2) is 4.79 Å². The number of nitrogens with one attached hydrogen (secondary N) is 2. The molecule has 0 aliphatic heterocycles. The number of alkyl halides is 1. The number of amides is 3. The maximum Gasteiger partial charge on any atom is 0.321 e. The van der Waals surface area contributed by atoms with Gasteiger partial charge >= 0.3 is 6.03 Å². The third-order valence-electron chi connectivity index (χ3n) is 2.41. The SMILES string of the molecule is CSC1(CNC(=O)NC(=O)C(C)Cl)CC1. The first-order chi connectivity index (χ1) is 6.99. The highest BCUT2D eigenvalue weighted by molar-refractivity contribution is 8.00. The van der Waals surface area contributed by atoms with Crippen LogP contribution in [0.5, 0.6) is 0 Å². The van der Waals surface area contributed by atoms with Crippen LogP contribution >= 0.6 is 23.4 Å². The molecule has 0 bridgehead atoms. The Bertz CT molecular complexity index is 267. The van der Waals surface area contributed by atoms with E-state index in [0.717, 1.165) is 12.8 Å². The molecule has 1 atom stereocenters. The van der Waals surface area contributed by atoms with Gasteiger partial charge in [0, 0.05) is 11.3 Å². The lowest BCUT2D eigenvalue weighted by Gasteiger charge is -2.13. The van der Waals surface area contributed by atoms with Crippen molar-refractivity contribution in [2.45, 2.75) is 29.9 Å². The van der Waals surface area contributed by atoms with Gasteiger partial charge in [-0.15, -0.1) is 11.6 Å². The predicted molar refractivity (Wildman–Crippen MR) is 62.3 cm³/mol. The van der Waals surface area contributed by atoms with Crippen LogP contribution in [-0.2, 0) is 4.79 Å². The van der Waals surface area contributed by atoms with E-state index in [2.05, 4.69) is 10.6 Å². The van der Waals surface area contributed by atoms with Crippen molar-refractivity contribution in [3.05, 3.63) is 0 Å². The molecule has 0 heterocycles. The van der Waals surface area contributed by atoms with E-state index < -0.39 is 17.3 Å². The quantitative estimate of drug-likeness (QED) is 0.741. The monoisotopic (exact) mass is 250 g/mol. The molecule has 1 fully saturated rings. The summed E-state index contributed by atoms with van der Waals surface area (Å²) >= 11 is 7.26. The maximum absolute atomic E-state index is 11.2. The van der Waals surface area contributed by atoms with Gasteiger partial charge in [0.2, 0.25) is 5.91 Å². The first kappa shape index (κ1) is 12.6. The summed E-state index contributed by atoms with van der Waals surface area (Å²) in [5.41, 5.74) is 0. The van der Waals surface area contributed by atoms with Crippen LogP contribution in [0.3, 0.4) is 0 Å². The van der Waals surface area contributed by atoms with Crippen LogP contribution in [0, 0.1) is 0 Å². The summed E-state index contributed by atoms with van der Waals surface area (Å²) in [5.74, 6) is -0.469. The van der Waals surface area contributed by atoms with Crippen molar-refractivity contribution >= 4 is 35.3 Å². The Hall–Kier alpha value is -0.420. The number of rotatable bonds is 4. The fraction of sp³-hybridized carbons (Fsp3) is 0.778. The summed E-state index contributed by atoms with van der Waals surface area (Å²) in [4.78, 5) is 22.3. The number of imide groups is 1. The van der Waals surface area contributed by atoms with Gasteiger partial charge in [-0.1, -0.05) is 0 Å². The van der Waals surface area contributed by atoms with Crippen LogP contribution in [0.15, 0.2) is 0 Å². The van der Waals surface area contributed by atoms with E-state index in [9.17, 15) is 9.59 Å². The highest BCUT2D eigenvalue weighted by Gasteiger charge is 2.41. The zero-order valence-corrected chi connectivity index (χ0v) is 10.4. The van der Waals surface area contributed by atoms with Crippen LogP contribution in [0.2, 0.25) is 0 Å². The Labute approximate surface area is 98.5 Å². The van der Waals surface area contributed by atoms with Gasteiger partial charge in [-0.05, 0) is 26.0 Å². The summed E-state index contributed by atoms with van der Waals surface area (Å²) in [5, 5.41) is 4.16. The largest absolute Gasteiger partial charge is 0.336 e. The van der Waals surface area contributed by atoms with Crippen LogP contribution in [0.4, 0.5) is 4.79 Å². The predicted octanol–water partition coefficient (Wildman–Crippen LogP) is 1.34. The van der Waals surface area contributed by atoms with E-state index in [4.69, 9.17) is 11.6 Å². The minimum Gasteiger partial charge on any atom is -0.336 e. The summed E-state index contributed by atoms with van der Waals surface area (Å²) in [6, 6.07) is -0.465. The summed E-state index contributed by atoms with van der Waals surface area (Å²) in [6.45, 7) is 2.12. The van der Waals surface area contributed by atoms with Gasteiger partial charge in [0.1, 0.15) is 5.38 Å². The highest BCUT2D eigenvalue weighted by Crippen LogP contribution is 2.46. The Kier molecular flexibility index (Phi) is 4.28. The van der Waals surface area contributed by atoms with E-state index >= 15 is 0 Å². The van der Waals surface area contributed by atoms with E-state index in [1.54, 1.807) is 11.8 Å². The minimum absolute atomic E-state index is 0.201. The second-order valence-electron chi connectivity index (χ2n) is 3.68. The van der Waals surface area contributed by atoms with E-state index in [1.807, 2.05) is 6.26 Å². The van der Waals surface area contributed by atoms with E-state index in [-0.39, 0.29) is 4.75 Å². The van der Waals surface area contributed by atoms with Crippen molar-refractivity contribution in [2.24, 2.45) is 0 Å². The summed E-state index contributed by atoms with van der Waals surface area (Å²) < 4.78 is 0.201. The van der Waals surface area contributed by atoms with Crippen LogP contribution in [0.25, 0.3) is 0 Å². The zero-order valence-electron chi connectivity index (χ0n) is 8.80. The molecular weight excluding hydrogens is 236 g/mol. The number of urea groups is 1. The standard InChI is InChI=1S/C9H15ClN2O2S/c1-6(10)7(13)12-8(14)11-5-9(15-2)3-4-9/h6H,3-5H2,1-2H3,(H2,11,12,13,14). The van der Waals surface area contributed by atoms with Crippen molar-refractivity contribution < 1.29 is 9.59 Å². The maximum atomic E-state index is 11.2. The van der Waals surface area contributed by atoms with Crippen molar-refractivity contribution in [1.82, 2.24) is 10.6 Å². The zero-order chi connectivity index (χ0) is 11.5. The van der Waals surface area contributed by atoms with Gasteiger partial charge in [0.15, 0.2) is 0 Å². The van der Waals surface area contributed by atoms with E-state index in [0.29, 0.717) is 6.54 Å². The summed E-state index contributed by atoms with van der Waals surface area (Å²) in [7, 11) is 0. The van der Waals surface area contributed by atoms with Crippen LogP contribution in [0.1, 0.15) is 19.8 Å². The fourth-order valence-corrected chi connectivity index (χ4v) is 1.87. The molecule has 86 valence electrons. The molecule has 0 radical (unpaired) electrons. The van der Waals surface area contributed by atoms with Crippen molar-refractivity contribution in [2.75, 3.05) is 12.8 Å². The molecule has 0 aromatic rings. The number of carbonyl (C=O) groups is 2. The van der Waals surface area contributed by atoms with Gasteiger partial charge in [0.05, 0.1) is 0 Å². The number of carbonyl (C=O) groups excluding carboxylic acids is 2. The molecule has 15 heavy (non-hydrogen) atoms. The second-order valence-corrected chi connectivity index (χ2v) is 5.60. The first-order valence-electron chi connectivity index (χ1n) is 4.77. The third-order valence-corrected chi connectivity index (χ3v) is 4.03. The second kappa shape index (κ2) is 5.07. The Morgan fingerprint density at radius 3 is 2.53 bits per heavy atom. The molecule has 0 saturated heterocycles. The van der Waals surface area contributed by atoms with Crippen molar-refractivity contribution in [3.63, 3.8) is 0 Å². The molecule has 0 aromatic heterocycles. The molecule has 3 amide bonds. The van der Waals surface area contributed by atoms with E-state index in [1.165, 1.54) is 6.92 Å². The molecule has 1 unspecified atom stereocenters. The molecular formula is C9H15ClN2O2S. The van der Waals surface area contributed by atoms with Gasteiger partial charge in [-0.3, -0.25) is 10.1 Å². The van der Waals surface area contributed by atoms with Gasteiger partial charge in [0.25, 0.3) is 0 Å². The molecule has 0 spiro atoms. The fourth-order valence-electron chi connectivity index (χ4n) is 1.09. The Morgan fingerprint density at radius 1 is 1.53 bits per heavy atom. The number of hydrogen-bond donors (Lipinski definition) is 2. The highest BCUT2D eigenvalue weighted by atomic mass is 35.5. The van der Waals surface area contributed by atoms with Gasteiger partial charge < -0.3 is 5.32 Å². The topological polar surface area (TPSA) is 58.2 Å². The van der Waals surface area contributed by atoms with Crippen LogP contribution < -0.4 is 10.6 Å². The molecule has 1 saturated carbocycles. The number of thioether (sulfide) groups is 1. The lowest BCUT2D eigenvalue weighted by Crippen LogP contribution is -2.44. The lowest BCUT2D eigenvalue weighted by atomic mass is 10.4. The minimum atomic E-state index is -0.689. The average Bonchev–Trinajstić information content (AvgIpc) is 2.95. The molecule has 4 nitrogen and oxygen atoms in total. The third kappa shape index (κ3) is 3.91. The molecule has 0 aromatic carbocycles.